The molecule has 0 radical (unpaired) electrons. The van der Waals surface area contributed by atoms with Crippen molar-refractivity contribution < 1.29 is 23.6 Å². The van der Waals surface area contributed by atoms with Gasteiger partial charge in [0.2, 0.25) is 0 Å². The van der Waals surface area contributed by atoms with Crippen molar-refractivity contribution in [3.05, 3.63) is 70.3 Å². The van der Waals surface area contributed by atoms with E-state index in [1.54, 1.807) is 20.1 Å². The minimum atomic E-state index is -3.05. The number of anilines is 1. The maximum absolute atomic E-state index is 13.6. The number of nitrogens with zero attached hydrogens (tertiary/aromatic N) is 1. The van der Waals surface area contributed by atoms with E-state index >= 15 is 0 Å². The zero-order chi connectivity index (χ0) is 29.6. The number of nitrogens with one attached hydrogen (secondary N) is 1. The van der Waals surface area contributed by atoms with E-state index in [-0.39, 0.29) is 11.3 Å². The Hall–Kier alpha value is -2.52. The van der Waals surface area contributed by atoms with Crippen LogP contribution in [0.25, 0.3) is 0 Å². The fraction of sp³-hybridized carbons (Fsp3) is 0.515. The predicted octanol–water partition coefficient (Wildman–Crippen LogP) is 4.92. The molecule has 4 aliphatic rings. The van der Waals surface area contributed by atoms with Gasteiger partial charge in [0.15, 0.2) is 0 Å². The standard InChI is InChI=1S/C33H41ClN2O5S/c1-21-30(40-2)8-4-7-29(37)26-12-9-24(26)18-36-19-33(15-5-6-22-16-25(34)11-13-27(22)33)20-41-31-14-10-23(17-28(31)36)32(38)35-42(21,3)39/h4,7,10-11,13-14,16-17,21,24,26,29-30,37H,3,5-6,8-9,12,15,18-20H2,1-2H3,(H,35,38,39)/b7-4+/t21-,24-,26+,29-,30+,33-,42?/m0/s1. The molecule has 2 heterocycles. The average molecular weight is 613 g/mol. The maximum Gasteiger partial charge on any atom is 0.262 e. The Morgan fingerprint density at radius 2 is 2.07 bits per heavy atom. The second-order valence-electron chi connectivity index (χ2n) is 12.6. The van der Waals surface area contributed by atoms with Crippen LogP contribution in [-0.2, 0) is 26.3 Å². The molecule has 2 N–H and O–H groups in total. The van der Waals surface area contributed by atoms with Crippen molar-refractivity contribution in [1.82, 2.24) is 4.72 Å². The van der Waals surface area contributed by atoms with Crippen molar-refractivity contribution in [1.29, 1.82) is 0 Å². The molecule has 1 amide bonds. The molecule has 2 aliphatic heterocycles. The highest BCUT2D eigenvalue weighted by Crippen LogP contribution is 2.46. The van der Waals surface area contributed by atoms with E-state index in [0.29, 0.717) is 24.5 Å². The van der Waals surface area contributed by atoms with Crippen LogP contribution in [0.5, 0.6) is 5.75 Å². The number of carbonyl (C=O) groups excluding carboxylic acids is 1. The second-order valence-corrected chi connectivity index (χ2v) is 15.4. The van der Waals surface area contributed by atoms with Crippen LogP contribution in [0.2, 0.25) is 5.02 Å². The number of halogens is 1. The van der Waals surface area contributed by atoms with E-state index in [2.05, 4.69) is 27.6 Å². The van der Waals surface area contributed by atoms with Gasteiger partial charge in [0.25, 0.3) is 5.91 Å². The smallest absolute Gasteiger partial charge is 0.262 e. The number of amides is 1. The highest BCUT2D eigenvalue weighted by atomic mass is 35.5. The van der Waals surface area contributed by atoms with Crippen molar-refractivity contribution in [2.45, 2.75) is 68.3 Å². The fourth-order valence-corrected chi connectivity index (χ4v) is 8.86. The van der Waals surface area contributed by atoms with Crippen LogP contribution < -0.4 is 14.4 Å². The molecule has 2 aromatic rings. The summed E-state index contributed by atoms with van der Waals surface area (Å²) < 4.78 is 28.6. The molecule has 9 heteroatoms. The van der Waals surface area contributed by atoms with E-state index in [1.807, 2.05) is 30.4 Å². The summed E-state index contributed by atoms with van der Waals surface area (Å²) in [5.74, 6) is 4.63. The molecule has 42 heavy (non-hydrogen) atoms. The number of methoxy groups -OCH3 is 1. The molecule has 6 rings (SSSR count). The minimum absolute atomic E-state index is 0.136. The first-order valence-corrected chi connectivity index (χ1v) is 17.1. The van der Waals surface area contributed by atoms with E-state index in [4.69, 9.17) is 21.1 Å². The first-order chi connectivity index (χ1) is 20.1. The Labute approximate surface area is 254 Å². The molecule has 7 nitrogen and oxygen atoms in total. The van der Waals surface area contributed by atoms with Crippen molar-refractivity contribution >= 4 is 38.8 Å². The number of carbonyl (C=O) groups is 1. The number of hydrogen-bond acceptors (Lipinski definition) is 6. The normalized spacial score (nSPS) is 35.6. The number of hydrogen-bond donors (Lipinski definition) is 2. The van der Waals surface area contributed by atoms with Gasteiger partial charge in [0.05, 0.1) is 39.5 Å². The van der Waals surface area contributed by atoms with Crippen LogP contribution in [0.1, 0.15) is 60.5 Å². The molecule has 2 aromatic carbocycles. The zero-order valence-corrected chi connectivity index (χ0v) is 26.0. The number of aryl methyl sites for hydroxylation is 1. The molecule has 2 aliphatic carbocycles. The molecule has 1 spiro atoms. The number of aliphatic hydroxyl groups is 1. The fourth-order valence-electron chi connectivity index (χ4n) is 7.34. The highest BCUT2D eigenvalue weighted by Gasteiger charge is 2.44. The highest BCUT2D eigenvalue weighted by molar-refractivity contribution is 7.99. The summed E-state index contributed by atoms with van der Waals surface area (Å²) >= 11 is 6.40. The largest absolute Gasteiger partial charge is 0.490 e. The van der Waals surface area contributed by atoms with Gasteiger partial charge in [-0.05, 0) is 105 Å². The van der Waals surface area contributed by atoms with E-state index in [9.17, 15) is 14.1 Å². The van der Waals surface area contributed by atoms with Crippen molar-refractivity contribution in [2.75, 3.05) is 31.7 Å². The average Bonchev–Trinajstić information content (AvgIpc) is 3.09. The summed E-state index contributed by atoms with van der Waals surface area (Å²) in [4.78, 5) is 15.9. The predicted molar refractivity (Wildman–Crippen MR) is 169 cm³/mol. The third-order valence-electron chi connectivity index (χ3n) is 10.1. The Balaban J connectivity index is 1.42. The van der Waals surface area contributed by atoms with Crippen LogP contribution in [0.15, 0.2) is 48.6 Å². The third-order valence-corrected chi connectivity index (χ3v) is 12.3. The van der Waals surface area contributed by atoms with E-state index in [1.165, 1.54) is 11.1 Å². The quantitative estimate of drug-likeness (QED) is 0.351. The van der Waals surface area contributed by atoms with Gasteiger partial charge in [0.1, 0.15) is 5.75 Å². The first kappa shape index (κ1) is 29.5. The second kappa shape index (κ2) is 11.5. The number of aliphatic hydroxyl groups excluding tert-OH is 1. The number of fused-ring (bicyclic) bond motifs is 4. The molecular weight excluding hydrogens is 572 g/mol. The van der Waals surface area contributed by atoms with Crippen molar-refractivity contribution in [2.24, 2.45) is 11.8 Å². The summed E-state index contributed by atoms with van der Waals surface area (Å²) in [6.07, 6.45) is 8.23. The van der Waals surface area contributed by atoms with Gasteiger partial charge in [0, 0.05) is 36.2 Å². The van der Waals surface area contributed by atoms with Gasteiger partial charge >= 0.3 is 0 Å². The molecule has 1 fully saturated rings. The molecule has 0 aromatic heterocycles. The monoisotopic (exact) mass is 612 g/mol. The van der Waals surface area contributed by atoms with Gasteiger partial charge in [-0.25, -0.2) is 4.21 Å². The van der Waals surface area contributed by atoms with Gasteiger partial charge in [-0.2, -0.15) is 0 Å². The maximum atomic E-state index is 13.6. The molecule has 226 valence electrons. The summed E-state index contributed by atoms with van der Waals surface area (Å²) in [7, 11) is -1.48. The Morgan fingerprint density at radius 1 is 1.24 bits per heavy atom. The zero-order valence-electron chi connectivity index (χ0n) is 24.4. The van der Waals surface area contributed by atoms with Crippen molar-refractivity contribution in [3.8, 4) is 5.75 Å². The number of benzene rings is 2. The Morgan fingerprint density at radius 3 is 2.83 bits per heavy atom. The molecule has 0 saturated heterocycles. The molecular formula is C33H41ClN2O5S. The summed E-state index contributed by atoms with van der Waals surface area (Å²) in [5, 5.41) is 11.4. The minimum Gasteiger partial charge on any atom is -0.490 e. The van der Waals surface area contributed by atoms with E-state index in [0.717, 1.165) is 61.7 Å². The van der Waals surface area contributed by atoms with E-state index < -0.39 is 33.1 Å². The summed E-state index contributed by atoms with van der Waals surface area (Å²) in [6, 6.07) is 11.7. The lowest BCUT2D eigenvalue weighted by Crippen LogP contribution is -2.49. The Kier molecular flexibility index (Phi) is 8.11. The molecule has 1 saturated carbocycles. The van der Waals surface area contributed by atoms with Gasteiger partial charge in [-0.1, -0.05) is 29.8 Å². The van der Waals surface area contributed by atoms with Crippen molar-refractivity contribution in [3.63, 3.8) is 0 Å². The lowest BCUT2D eigenvalue weighted by molar-refractivity contribution is 0.0452. The molecule has 1 unspecified atom stereocenters. The van der Waals surface area contributed by atoms with Crippen LogP contribution in [0.3, 0.4) is 0 Å². The third kappa shape index (κ3) is 5.47. The van der Waals surface area contributed by atoms with Gasteiger partial charge in [-0.15, -0.1) is 0 Å². The molecule has 2 bridgehead atoms. The first-order valence-electron chi connectivity index (χ1n) is 15.0. The Bertz CT molecular complexity index is 1490. The lowest BCUT2D eigenvalue weighted by atomic mass is 9.68. The van der Waals surface area contributed by atoms with Gasteiger partial charge in [-0.3, -0.25) is 9.52 Å². The number of ether oxygens (including phenoxy) is 2. The summed E-state index contributed by atoms with van der Waals surface area (Å²) in [6.45, 7) is 3.78. The lowest BCUT2D eigenvalue weighted by Gasteiger charge is -2.45. The van der Waals surface area contributed by atoms with Crippen LogP contribution in [0.4, 0.5) is 5.69 Å². The van der Waals surface area contributed by atoms with Crippen LogP contribution >= 0.6 is 11.6 Å². The van der Waals surface area contributed by atoms with Gasteiger partial charge < -0.3 is 19.5 Å². The summed E-state index contributed by atoms with van der Waals surface area (Å²) in [5.41, 5.74) is 3.58. The molecule has 7 atom stereocenters. The van der Waals surface area contributed by atoms with Crippen LogP contribution in [-0.4, -0.2) is 65.4 Å². The number of rotatable bonds is 1. The SMILES string of the molecule is C=S1(=O)NC(=O)c2ccc3c(c2)N(C[C@@H]2CC[C@H]2[C@@H](O)/C=C/C[C@@H](OC)[C@@H]1C)C[C@@]1(CCCc2cc(Cl)ccc21)CO3. The van der Waals surface area contributed by atoms with Crippen LogP contribution in [0, 0.1) is 11.8 Å². The topological polar surface area (TPSA) is 88.1 Å².